The van der Waals surface area contributed by atoms with Crippen LogP contribution in [0, 0.1) is 11.3 Å². The van der Waals surface area contributed by atoms with E-state index in [0.717, 1.165) is 20.2 Å². The number of anilines is 1. The molecule has 5 heteroatoms. The van der Waals surface area contributed by atoms with Gasteiger partial charge >= 0.3 is 0 Å². The quantitative estimate of drug-likeness (QED) is 0.754. The van der Waals surface area contributed by atoms with Crippen LogP contribution < -0.4 is 5.32 Å². The molecule has 2 rings (SSSR count). The second-order valence-corrected chi connectivity index (χ2v) is 6.10. The van der Waals surface area contributed by atoms with Crippen molar-refractivity contribution in [3.8, 4) is 6.07 Å². The molecule has 1 N–H and O–H groups in total. The predicted molar refractivity (Wildman–Crippen MR) is 85.3 cm³/mol. The summed E-state index contributed by atoms with van der Waals surface area (Å²) in [5, 5.41) is 13.0. The highest BCUT2D eigenvalue weighted by atomic mass is 79.9. The third-order valence-electron chi connectivity index (χ3n) is 2.59. The highest BCUT2D eigenvalue weighted by Gasteiger charge is 2.04. The van der Waals surface area contributed by atoms with E-state index in [9.17, 15) is 0 Å². The molecule has 0 fully saturated rings. The molecule has 0 saturated carbocycles. The maximum atomic E-state index is 9.09. The van der Waals surface area contributed by atoms with E-state index in [1.807, 2.05) is 30.3 Å². The Hall–Kier alpha value is -1.02. The molecule has 0 amide bonds. The lowest BCUT2D eigenvalue weighted by Crippen LogP contribution is -2.02. The zero-order valence-corrected chi connectivity index (χ0v) is 13.7. The largest absolute Gasteiger partial charge is 0.380 e. The van der Waals surface area contributed by atoms with E-state index in [-0.39, 0.29) is 0 Å². The van der Waals surface area contributed by atoms with Crippen molar-refractivity contribution in [3.63, 3.8) is 0 Å². The van der Waals surface area contributed by atoms with Crippen LogP contribution in [0.25, 0.3) is 0 Å². The summed E-state index contributed by atoms with van der Waals surface area (Å²) in [6, 6.07) is 13.4. The first-order valence-electron chi connectivity index (χ1n) is 5.47. The molecule has 0 aliphatic heterocycles. The highest BCUT2D eigenvalue weighted by Crippen LogP contribution is 2.24. The van der Waals surface area contributed by atoms with E-state index in [4.69, 9.17) is 16.9 Å². The first kappa shape index (κ1) is 14.4. The van der Waals surface area contributed by atoms with Gasteiger partial charge in [-0.25, -0.2) is 0 Å². The minimum absolute atomic E-state index is 0.611. The van der Waals surface area contributed by atoms with Crippen LogP contribution in [0.1, 0.15) is 11.1 Å². The number of hydrogen-bond donors (Lipinski definition) is 1. The van der Waals surface area contributed by atoms with Crippen molar-refractivity contribution in [1.29, 1.82) is 5.26 Å². The van der Waals surface area contributed by atoms with Crippen molar-refractivity contribution in [2.24, 2.45) is 0 Å². The molecule has 0 aliphatic rings. The van der Waals surface area contributed by atoms with Gasteiger partial charge in [-0.3, -0.25) is 0 Å². The SMILES string of the molecule is N#Cc1cc(Br)ccc1NCc1ccc(Cl)cc1Br. The molecule has 2 nitrogen and oxygen atoms in total. The van der Waals surface area contributed by atoms with Gasteiger partial charge in [-0.05, 0) is 35.9 Å². The first-order valence-corrected chi connectivity index (χ1v) is 7.44. The monoisotopic (exact) mass is 398 g/mol. The predicted octanol–water partition coefficient (Wildman–Crippen LogP) is 5.35. The molecule has 0 bridgehead atoms. The molecule has 19 heavy (non-hydrogen) atoms. The van der Waals surface area contributed by atoms with Crippen LogP contribution in [-0.4, -0.2) is 0 Å². The fourth-order valence-corrected chi connectivity index (χ4v) is 2.80. The summed E-state index contributed by atoms with van der Waals surface area (Å²) in [7, 11) is 0. The lowest BCUT2D eigenvalue weighted by Gasteiger charge is -2.10. The van der Waals surface area contributed by atoms with Gasteiger partial charge in [-0.1, -0.05) is 49.5 Å². The Balaban J connectivity index is 2.17. The first-order chi connectivity index (χ1) is 9.10. The molecule has 0 aliphatic carbocycles. The Kier molecular flexibility index (Phi) is 4.87. The average Bonchev–Trinajstić information content (AvgIpc) is 2.39. The normalized spacial score (nSPS) is 10.0. The molecule has 0 saturated heterocycles. The van der Waals surface area contributed by atoms with Gasteiger partial charge in [0.2, 0.25) is 0 Å². The van der Waals surface area contributed by atoms with E-state index >= 15 is 0 Å². The Morgan fingerprint density at radius 3 is 2.63 bits per heavy atom. The third-order valence-corrected chi connectivity index (χ3v) is 4.05. The van der Waals surface area contributed by atoms with Gasteiger partial charge in [0.1, 0.15) is 6.07 Å². The maximum absolute atomic E-state index is 9.09. The Morgan fingerprint density at radius 2 is 1.95 bits per heavy atom. The minimum Gasteiger partial charge on any atom is -0.380 e. The van der Waals surface area contributed by atoms with Gasteiger partial charge in [-0.2, -0.15) is 5.26 Å². The van der Waals surface area contributed by atoms with Crippen molar-refractivity contribution in [2.45, 2.75) is 6.54 Å². The van der Waals surface area contributed by atoms with Gasteiger partial charge < -0.3 is 5.32 Å². The lowest BCUT2D eigenvalue weighted by molar-refractivity contribution is 1.13. The van der Waals surface area contributed by atoms with E-state index < -0.39 is 0 Å². The van der Waals surface area contributed by atoms with Gasteiger partial charge in [0.05, 0.1) is 11.3 Å². The molecule has 0 atom stereocenters. The average molecular weight is 401 g/mol. The number of nitriles is 1. The zero-order valence-electron chi connectivity index (χ0n) is 9.75. The number of nitrogens with one attached hydrogen (secondary N) is 1. The van der Waals surface area contributed by atoms with Gasteiger partial charge in [0, 0.05) is 20.5 Å². The molecule has 2 aromatic carbocycles. The van der Waals surface area contributed by atoms with Crippen molar-refractivity contribution in [1.82, 2.24) is 0 Å². The van der Waals surface area contributed by atoms with E-state index in [2.05, 4.69) is 43.2 Å². The molecule has 0 radical (unpaired) electrons. The topological polar surface area (TPSA) is 35.8 Å². The van der Waals surface area contributed by atoms with Crippen molar-refractivity contribution >= 4 is 49.1 Å². The summed E-state index contributed by atoms with van der Waals surface area (Å²) in [6.45, 7) is 0.619. The second-order valence-electron chi connectivity index (χ2n) is 3.89. The molecule has 96 valence electrons. The second kappa shape index (κ2) is 6.42. The smallest absolute Gasteiger partial charge is 0.101 e. The fourth-order valence-electron chi connectivity index (χ4n) is 1.62. The van der Waals surface area contributed by atoms with Crippen LogP contribution >= 0.6 is 43.5 Å². The summed E-state index contributed by atoms with van der Waals surface area (Å²) in [5.74, 6) is 0. The third kappa shape index (κ3) is 3.73. The Labute approximate surface area is 133 Å². The molecular weight excluding hydrogens is 391 g/mol. The van der Waals surface area contributed by atoms with E-state index in [1.165, 1.54) is 0 Å². The highest BCUT2D eigenvalue weighted by molar-refractivity contribution is 9.10. The number of hydrogen-bond acceptors (Lipinski definition) is 2. The van der Waals surface area contributed by atoms with Gasteiger partial charge in [0.25, 0.3) is 0 Å². The lowest BCUT2D eigenvalue weighted by atomic mass is 10.1. The molecule has 0 heterocycles. The molecule has 2 aromatic rings. The number of nitrogens with zero attached hydrogens (tertiary/aromatic N) is 1. The van der Waals surface area contributed by atoms with E-state index in [1.54, 1.807) is 6.07 Å². The van der Waals surface area contributed by atoms with Crippen LogP contribution in [-0.2, 0) is 6.54 Å². The van der Waals surface area contributed by atoms with Crippen molar-refractivity contribution < 1.29 is 0 Å². The summed E-state index contributed by atoms with van der Waals surface area (Å²) >= 11 is 12.7. The fraction of sp³-hybridized carbons (Fsp3) is 0.0714. The maximum Gasteiger partial charge on any atom is 0.101 e. The van der Waals surface area contributed by atoms with E-state index in [0.29, 0.717) is 17.1 Å². The van der Waals surface area contributed by atoms with Crippen LogP contribution in [0.4, 0.5) is 5.69 Å². The zero-order chi connectivity index (χ0) is 13.8. The number of benzene rings is 2. The summed E-state index contributed by atoms with van der Waals surface area (Å²) in [6.07, 6.45) is 0. The summed E-state index contributed by atoms with van der Waals surface area (Å²) in [4.78, 5) is 0. The Bertz CT molecular complexity index is 650. The standard InChI is InChI=1S/C14H9Br2ClN2/c15-11-2-4-14(10(5-11)7-18)19-8-9-1-3-12(17)6-13(9)16/h1-6,19H,8H2. The van der Waals surface area contributed by atoms with Crippen molar-refractivity contribution in [3.05, 3.63) is 61.5 Å². The van der Waals surface area contributed by atoms with Crippen LogP contribution in [0.2, 0.25) is 5.02 Å². The molecular formula is C14H9Br2ClN2. The van der Waals surface area contributed by atoms with Crippen molar-refractivity contribution in [2.75, 3.05) is 5.32 Å². The number of halogens is 3. The minimum atomic E-state index is 0.611. The molecule has 0 aromatic heterocycles. The Morgan fingerprint density at radius 1 is 1.16 bits per heavy atom. The van der Waals surface area contributed by atoms with Gasteiger partial charge in [-0.15, -0.1) is 0 Å². The summed E-state index contributed by atoms with van der Waals surface area (Å²) in [5.41, 5.74) is 2.50. The summed E-state index contributed by atoms with van der Waals surface area (Å²) < 4.78 is 1.84. The van der Waals surface area contributed by atoms with Crippen LogP contribution in [0.5, 0.6) is 0 Å². The van der Waals surface area contributed by atoms with Crippen LogP contribution in [0.15, 0.2) is 45.3 Å². The van der Waals surface area contributed by atoms with Crippen LogP contribution in [0.3, 0.4) is 0 Å². The number of rotatable bonds is 3. The molecule has 0 unspecified atom stereocenters. The van der Waals surface area contributed by atoms with Gasteiger partial charge in [0.15, 0.2) is 0 Å². The molecule has 0 spiro atoms.